The lowest BCUT2D eigenvalue weighted by molar-refractivity contribution is -0.124. The predicted molar refractivity (Wildman–Crippen MR) is 77.6 cm³/mol. The number of rotatable bonds is 6. The van der Waals surface area contributed by atoms with Gasteiger partial charge < -0.3 is 5.32 Å². The zero-order chi connectivity index (χ0) is 12.6. The Morgan fingerprint density at radius 2 is 1.94 bits per heavy atom. The Kier molecular flexibility index (Phi) is 5.59. The largest absolute Gasteiger partial charge is 0.355 e. The molecular formula is C15H21NOS. The van der Waals surface area contributed by atoms with Gasteiger partial charge in [0.1, 0.15) is 0 Å². The average molecular weight is 263 g/mol. The third-order valence-electron chi connectivity index (χ3n) is 3.38. The first-order valence-corrected chi connectivity index (χ1v) is 7.91. The molecule has 1 aliphatic carbocycles. The summed E-state index contributed by atoms with van der Waals surface area (Å²) in [6.45, 7) is 0.798. The minimum Gasteiger partial charge on any atom is -0.355 e. The molecular weight excluding hydrogens is 242 g/mol. The summed E-state index contributed by atoms with van der Waals surface area (Å²) in [6, 6.07) is 10.5. The van der Waals surface area contributed by atoms with Gasteiger partial charge in [0, 0.05) is 24.0 Å². The van der Waals surface area contributed by atoms with E-state index in [1.165, 1.54) is 18.4 Å². The number of carbonyl (C=O) groups is 1. The second-order valence-electron chi connectivity index (χ2n) is 4.81. The van der Waals surface area contributed by atoms with E-state index in [-0.39, 0.29) is 5.91 Å². The summed E-state index contributed by atoms with van der Waals surface area (Å²) in [5, 5.41) is 3.05. The van der Waals surface area contributed by atoms with Crippen LogP contribution in [0, 0.1) is 5.92 Å². The van der Waals surface area contributed by atoms with Gasteiger partial charge in [-0.3, -0.25) is 4.79 Å². The second-order valence-corrected chi connectivity index (χ2v) is 5.92. The summed E-state index contributed by atoms with van der Waals surface area (Å²) in [7, 11) is 0. The quantitative estimate of drug-likeness (QED) is 0.798. The van der Waals surface area contributed by atoms with Crippen molar-refractivity contribution in [2.75, 3.05) is 12.3 Å². The Labute approximate surface area is 114 Å². The molecule has 0 saturated heterocycles. The smallest absolute Gasteiger partial charge is 0.223 e. The lowest BCUT2D eigenvalue weighted by atomic mass is 10.1. The van der Waals surface area contributed by atoms with E-state index in [1.807, 2.05) is 17.8 Å². The van der Waals surface area contributed by atoms with Crippen LogP contribution >= 0.6 is 11.8 Å². The van der Waals surface area contributed by atoms with Crippen LogP contribution in [0.1, 0.15) is 31.2 Å². The lowest BCUT2D eigenvalue weighted by Gasteiger charge is -2.09. The van der Waals surface area contributed by atoms with E-state index in [1.54, 1.807) is 0 Å². The van der Waals surface area contributed by atoms with Crippen molar-refractivity contribution < 1.29 is 4.79 Å². The fourth-order valence-electron chi connectivity index (χ4n) is 2.34. The van der Waals surface area contributed by atoms with E-state index in [0.29, 0.717) is 5.92 Å². The highest BCUT2D eigenvalue weighted by atomic mass is 32.2. The van der Waals surface area contributed by atoms with Gasteiger partial charge in [-0.05, 0) is 18.4 Å². The first kappa shape index (κ1) is 13.5. The summed E-state index contributed by atoms with van der Waals surface area (Å²) in [5.41, 5.74) is 1.35. The molecule has 18 heavy (non-hydrogen) atoms. The second kappa shape index (κ2) is 7.47. The number of amides is 1. The van der Waals surface area contributed by atoms with Crippen molar-refractivity contribution in [1.82, 2.24) is 5.32 Å². The van der Waals surface area contributed by atoms with Crippen LogP contribution < -0.4 is 5.32 Å². The van der Waals surface area contributed by atoms with Crippen LogP contribution in [-0.2, 0) is 10.5 Å². The maximum atomic E-state index is 11.8. The Morgan fingerprint density at radius 1 is 1.22 bits per heavy atom. The Balaban J connectivity index is 1.54. The standard InChI is InChI=1S/C15H21NOS/c17-15(14-8-4-5-9-14)16-10-11-18-12-13-6-2-1-3-7-13/h1-3,6-7,14H,4-5,8-12H2,(H,16,17). The first-order valence-electron chi connectivity index (χ1n) is 6.75. The third kappa shape index (κ3) is 4.37. The van der Waals surface area contributed by atoms with Crippen molar-refractivity contribution in [3.63, 3.8) is 0 Å². The molecule has 1 fully saturated rings. The lowest BCUT2D eigenvalue weighted by Crippen LogP contribution is -2.31. The fraction of sp³-hybridized carbons (Fsp3) is 0.533. The molecule has 1 saturated carbocycles. The zero-order valence-corrected chi connectivity index (χ0v) is 11.5. The molecule has 0 bridgehead atoms. The molecule has 0 heterocycles. The molecule has 1 aromatic carbocycles. The molecule has 1 amide bonds. The minimum atomic E-state index is 0.271. The molecule has 1 N–H and O–H groups in total. The van der Waals surface area contributed by atoms with Crippen LogP contribution in [0.4, 0.5) is 0 Å². The average Bonchev–Trinajstić information content (AvgIpc) is 2.93. The first-order chi connectivity index (χ1) is 8.86. The topological polar surface area (TPSA) is 29.1 Å². The Morgan fingerprint density at radius 3 is 2.67 bits per heavy atom. The molecule has 0 spiro atoms. The van der Waals surface area contributed by atoms with Crippen molar-refractivity contribution in [3.8, 4) is 0 Å². The van der Waals surface area contributed by atoms with Crippen molar-refractivity contribution in [2.45, 2.75) is 31.4 Å². The Hall–Kier alpha value is -0.960. The van der Waals surface area contributed by atoms with Gasteiger partial charge in [0.2, 0.25) is 5.91 Å². The van der Waals surface area contributed by atoms with E-state index in [2.05, 4.69) is 29.6 Å². The molecule has 0 atom stereocenters. The summed E-state index contributed by atoms with van der Waals surface area (Å²) in [5.74, 6) is 2.59. The van der Waals surface area contributed by atoms with Gasteiger partial charge in [-0.1, -0.05) is 43.2 Å². The monoisotopic (exact) mass is 263 g/mol. The van der Waals surface area contributed by atoms with Crippen molar-refractivity contribution in [2.24, 2.45) is 5.92 Å². The highest BCUT2D eigenvalue weighted by Gasteiger charge is 2.21. The molecule has 0 unspecified atom stereocenters. The van der Waals surface area contributed by atoms with Gasteiger partial charge in [0.05, 0.1) is 0 Å². The normalized spacial score (nSPS) is 15.8. The molecule has 98 valence electrons. The summed E-state index contributed by atoms with van der Waals surface area (Å²) < 4.78 is 0. The molecule has 0 aromatic heterocycles. The van der Waals surface area contributed by atoms with Gasteiger partial charge in [-0.25, -0.2) is 0 Å². The zero-order valence-electron chi connectivity index (χ0n) is 10.7. The van der Waals surface area contributed by atoms with Gasteiger partial charge in [-0.15, -0.1) is 0 Å². The molecule has 1 aromatic rings. The van der Waals surface area contributed by atoms with E-state index in [0.717, 1.165) is 30.9 Å². The van der Waals surface area contributed by atoms with Crippen molar-refractivity contribution >= 4 is 17.7 Å². The number of hydrogen-bond donors (Lipinski definition) is 1. The summed E-state index contributed by atoms with van der Waals surface area (Å²) in [6.07, 6.45) is 4.62. The van der Waals surface area contributed by atoms with Crippen LogP contribution in [0.2, 0.25) is 0 Å². The van der Waals surface area contributed by atoms with Crippen LogP contribution in [-0.4, -0.2) is 18.2 Å². The number of hydrogen-bond acceptors (Lipinski definition) is 2. The maximum absolute atomic E-state index is 11.8. The number of thioether (sulfide) groups is 1. The van der Waals surface area contributed by atoms with Gasteiger partial charge in [0.25, 0.3) is 0 Å². The maximum Gasteiger partial charge on any atom is 0.223 e. The molecule has 2 nitrogen and oxygen atoms in total. The Bertz CT molecular complexity index is 360. The molecule has 1 aliphatic rings. The number of nitrogens with one attached hydrogen (secondary N) is 1. The van der Waals surface area contributed by atoms with Crippen LogP contribution in [0.5, 0.6) is 0 Å². The molecule has 0 radical (unpaired) electrons. The SMILES string of the molecule is O=C(NCCSCc1ccccc1)C1CCCC1. The van der Waals surface area contributed by atoms with E-state index < -0.39 is 0 Å². The van der Waals surface area contributed by atoms with Gasteiger partial charge >= 0.3 is 0 Å². The molecule has 0 aliphatic heterocycles. The van der Waals surface area contributed by atoms with E-state index in [4.69, 9.17) is 0 Å². The fourth-order valence-corrected chi connectivity index (χ4v) is 3.16. The van der Waals surface area contributed by atoms with E-state index >= 15 is 0 Å². The predicted octanol–water partition coefficient (Wildman–Crippen LogP) is 3.23. The van der Waals surface area contributed by atoms with Crippen LogP contribution in [0.15, 0.2) is 30.3 Å². The summed E-state index contributed by atoms with van der Waals surface area (Å²) in [4.78, 5) is 11.8. The number of carbonyl (C=O) groups excluding carboxylic acids is 1. The third-order valence-corrected chi connectivity index (χ3v) is 4.41. The highest BCUT2D eigenvalue weighted by molar-refractivity contribution is 7.98. The van der Waals surface area contributed by atoms with Gasteiger partial charge in [0.15, 0.2) is 0 Å². The van der Waals surface area contributed by atoms with Crippen LogP contribution in [0.3, 0.4) is 0 Å². The van der Waals surface area contributed by atoms with Gasteiger partial charge in [-0.2, -0.15) is 11.8 Å². The minimum absolute atomic E-state index is 0.271. The van der Waals surface area contributed by atoms with Crippen molar-refractivity contribution in [1.29, 1.82) is 0 Å². The van der Waals surface area contributed by atoms with Crippen LogP contribution in [0.25, 0.3) is 0 Å². The summed E-state index contributed by atoms with van der Waals surface area (Å²) >= 11 is 1.88. The number of benzene rings is 1. The van der Waals surface area contributed by atoms with E-state index in [9.17, 15) is 4.79 Å². The molecule has 3 heteroatoms. The molecule has 2 rings (SSSR count). The van der Waals surface area contributed by atoms with Crippen molar-refractivity contribution in [3.05, 3.63) is 35.9 Å². The highest BCUT2D eigenvalue weighted by Crippen LogP contribution is 2.24.